The van der Waals surface area contributed by atoms with Crippen molar-refractivity contribution in [2.24, 2.45) is 0 Å². The van der Waals surface area contributed by atoms with E-state index in [1.807, 2.05) is 27.7 Å². The quantitative estimate of drug-likeness (QED) is 0.545. The van der Waals surface area contributed by atoms with Crippen LogP contribution < -0.4 is 5.32 Å². The second kappa shape index (κ2) is 6.31. The van der Waals surface area contributed by atoms with Crippen LogP contribution in [0.3, 0.4) is 0 Å². The van der Waals surface area contributed by atoms with Gasteiger partial charge in [-0.15, -0.1) is 11.8 Å². The topological polar surface area (TPSA) is 38.3 Å². The maximum absolute atomic E-state index is 11.1. The van der Waals surface area contributed by atoms with E-state index in [2.05, 4.69) is 17.2 Å². The van der Waals surface area contributed by atoms with E-state index in [-0.39, 0.29) is 6.09 Å². The van der Waals surface area contributed by atoms with Crippen molar-refractivity contribution in [3.8, 4) is 11.8 Å². The second-order valence-electron chi connectivity index (χ2n) is 3.89. The molecule has 0 aromatic heterocycles. The molecule has 14 heavy (non-hydrogen) atoms. The molecule has 1 N–H and O–H groups in total. The molecule has 0 radical (unpaired) electrons. The maximum atomic E-state index is 11.1. The molecule has 0 aromatic carbocycles. The Morgan fingerprint density at radius 1 is 1.36 bits per heavy atom. The SMILES string of the molecule is CCC#CCCNC(=O)OC(C)(C)C. The summed E-state index contributed by atoms with van der Waals surface area (Å²) in [5, 5.41) is 2.63. The highest BCUT2D eigenvalue weighted by molar-refractivity contribution is 5.67. The van der Waals surface area contributed by atoms with Gasteiger partial charge in [0, 0.05) is 19.4 Å². The average molecular weight is 197 g/mol. The molecule has 0 bridgehead atoms. The smallest absolute Gasteiger partial charge is 0.407 e. The van der Waals surface area contributed by atoms with E-state index in [1.165, 1.54) is 0 Å². The molecule has 0 aromatic rings. The summed E-state index contributed by atoms with van der Waals surface area (Å²) < 4.78 is 5.05. The molecule has 0 aliphatic rings. The number of carbonyl (C=O) groups is 1. The highest BCUT2D eigenvalue weighted by Gasteiger charge is 2.14. The van der Waals surface area contributed by atoms with Gasteiger partial charge in [-0.05, 0) is 20.8 Å². The summed E-state index contributed by atoms with van der Waals surface area (Å²) in [4.78, 5) is 11.1. The molecule has 0 unspecified atom stereocenters. The molecular formula is C11H19NO2. The molecule has 0 spiro atoms. The van der Waals surface area contributed by atoms with Crippen LogP contribution in [-0.4, -0.2) is 18.2 Å². The van der Waals surface area contributed by atoms with Crippen molar-refractivity contribution >= 4 is 6.09 Å². The predicted octanol–water partition coefficient (Wildman–Crippen LogP) is 2.31. The van der Waals surface area contributed by atoms with Crippen LogP contribution in [-0.2, 0) is 4.74 Å². The molecule has 1 amide bonds. The Kier molecular flexibility index (Phi) is 5.78. The fourth-order valence-electron chi connectivity index (χ4n) is 0.755. The lowest BCUT2D eigenvalue weighted by Crippen LogP contribution is -2.32. The first-order chi connectivity index (χ1) is 6.45. The van der Waals surface area contributed by atoms with Crippen LogP contribution in [0, 0.1) is 11.8 Å². The van der Waals surface area contributed by atoms with Crippen LogP contribution in [0.15, 0.2) is 0 Å². The van der Waals surface area contributed by atoms with Gasteiger partial charge in [0.2, 0.25) is 0 Å². The summed E-state index contributed by atoms with van der Waals surface area (Å²) in [6.45, 7) is 8.05. The summed E-state index contributed by atoms with van der Waals surface area (Å²) in [7, 11) is 0. The zero-order valence-electron chi connectivity index (χ0n) is 9.44. The summed E-state index contributed by atoms with van der Waals surface area (Å²) in [6.07, 6.45) is 1.15. The van der Waals surface area contributed by atoms with Gasteiger partial charge in [-0.25, -0.2) is 4.79 Å². The highest BCUT2D eigenvalue weighted by atomic mass is 16.6. The second-order valence-corrected chi connectivity index (χ2v) is 3.89. The van der Waals surface area contributed by atoms with Gasteiger partial charge in [0.1, 0.15) is 5.60 Å². The lowest BCUT2D eigenvalue weighted by atomic mass is 10.2. The van der Waals surface area contributed by atoms with Crippen LogP contribution in [0.2, 0.25) is 0 Å². The summed E-state index contributed by atoms with van der Waals surface area (Å²) in [5.41, 5.74) is -0.431. The lowest BCUT2D eigenvalue weighted by Gasteiger charge is -2.19. The molecule has 3 nitrogen and oxygen atoms in total. The Hall–Kier alpha value is -1.17. The minimum atomic E-state index is -0.431. The minimum Gasteiger partial charge on any atom is -0.444 e. The third-order valence-corrected chi connectivity index (χ3v) is 1.22. The largest absolute Gasteiger partial charge is 0.444 e. The molecule has 0 fully saturated rings. The van der Waals surface area contributed by atoms with Crippen molar-refractivity contribution in [1.82, 2.24) is 5.32 Å². The molecular weight excluding hydrogens is 178 g/mol. The fourth-order valence-corrected chi connectivity index (χ4v) is 0.755. The fraction of sp³-hybridized carbons (Fsp3) is 0.727. The first-order valence-corrected chi connectivity index (χ1v) is 4.88. The standard InChI is InChI=1S/C11H19NO2/c1-5-6-7-8-9-12-10(13)14-11(2,3)4/h5,8-9H2,1-4H3,(H,12,13). The summed E-state index contributed by atoms with van der Waals surface area (Å²) >= 11 is 0. The predicted molar refractivity (Wildman–Crippen MR) is 56.9 cm³/mol. The van der Waals surface area contributed by atoms with E-state index in [0.29, 0.717) is 13.0 Å². The van der Waals surface area contributed by atoms with E-state index < -0.39 is 5.60 Å². The van der Waals surface area contributed by atoms with E-state index in [0.717, 1.165) is 6.42 Å². The van der Waals surface area contributed by atoms with Gasteiger partial charge < -0.3 is 10.1 Å². The van der Waals surface area contributed by atoms with Crippen molar-refractivity contribution in [3.63, 3.8) is 0 Å². The number of hydrogen-bond donors (Lipinski definition) is 1. The van der Waals surface area contributed by atoms with Gasteiger partial charge in [0.25, 0.3) is 0 Å². The van der Waals surface area contributed by atoms with Gasteiger partial charge in [0.05, 0.1) is 0 Å². The average Bonchev–Trinajstić information content (AvgIpc) is 2.00. The Labute approximate surface area is 86.2 Å². The molecule has 0 atom stereocenters. The van der Waals surface area contributed by atoms with E-state index in [9.17, 15) is 4.79 Å². The number of rotatable bonds is 2. The Balaban J connectivity index is 3.55. The number of hydrogen-bond acceptors (Lipinski definition) is 2. The van der Waals surface area contributed by atoms with E-state index in [4.69, 9.17) is 4.74 Å². The van der Waals surface area contributed by atoms with Crippen molar-refractivity contribution in [2.75, 3.05) is 6.54 Å². The molecule has 0 aliphatic carbocycles. The van der Waals surface area contributed by atoms with Gasteiger partial charge in [0.15, 0.2) is 0 Å². The van der Waals surface area contributed by atoms with Crippen molar-refractivity contribution in [3.05, 3.63) is 0 Å². The monoisotopic (exact) mass is 197 g/mol. The molecule has 3 heteroatoms. The number of carbonyl (C=O) groups excluding carboxylic acids is 1. The zero-order valence-corrected chi connectivity index (χ0v) is 9.44. The molecule has 0 heterocycles. The van der Waals surface area contributed by atoms with Gasteiger partial charge in [-0.2, -0.15) is 0 Å². The van der Waals surface area contributed by atoms with Crippen LogP contribution in [0.25, 0.3) is 0 Å². The molecule has 0 rings (SSSR count). The van der Waals surface area contributed by atoms with Crippen molar-refractivity contribution in [2.45, 2.75) is 46.1 Å². The third-order valence-electron chi connectivity index (χ3n) is 1.22. The third kappa shape index (κ3) is 8.92. The van der Waals surface area contributed by atoms with Gasteiger partial charge in [-0.3, -0.25) is 0 Å². The molecule has 0 aliphatic heterocycles. The van der Waals surface area contributed by atoms with Crippen LogP contribution in [0.4, 0.5) is 4.79 Å². The first-order valence-electron chi connectivity index (χ1n) is 4.88. The van der Waals surface area contributed by atoms with Crippen molar-refractivity contribution < 1.29 is 9.53 Å². The number of alkyl carbamates (subject to hydrolysis) is 1. The molecule has 0 saturated carbocycles. The molecule has 0 saturated heterocycles. The lowest BCUT2D eigenvalue weighted by molar-refractivity contribution is 0.0529. The summed E-state index contributed by atoms with van der Waals surface area (Å²) in [5.74, 6) is 5.86. The van der Waals surface area contributed by atoms with Crippen LogP contribution in [0.1, 0.15) is 40.5 Å². The number of amides is 1. The first kappa shape index (κ1) is 12.8. The van der Waals surface area contributed by atoms with Gasteiger partial charge >= 0.3 is 6.09 Å². The van der Waals surface area contributed by atoms with E-state index >= 15 is 0 Å². The van der Waals surface area contributed by atoms with Crippen LogP contribution >= 0.6 is 0 Å². The number of nitrogens with one attached hydrogen (secondary N) is 1. The van der Waals surface area contributed by atoms with Crippen LogP contribution in [0.5, 0.6) is 0 Å². The molecule has 80 valence electrons. The Morgan fingerprint density at radius 2 is 2.00 bits per heavy atom. The summed E-state index contributed by atoms with van der Waals surface area (Å²) in [6, 6.07) is 0. The highest BCUT2D eigenvalue weighted by Crippen LogP contribution is 2.06. The Morgan fingerprint density at radius 3 is 2.50 bits per heavy atom. The number of ether oxygens (including phenoxy) is 1. The minimum absolute atomic E-state index is 0.379. The van der Waals surface area contributed by atoms with E-state index in [1.54, 1.807) is 0 Å². The zero-order chi connectivity index (χ0) is 11.0. The van der Waals surface area contributed by atoms with Gasteiger partial charge in [-0.1, -0.05) is 6.92 Å². The van der Waals surface area contributed by atoms with Crippen molar-refractivity contribution in [1.29, 1.82) is 0 Å². The maximum Gasteiger partial charge on any atom is 0.407 e. The Bertz CT molecular complexity index is 230. The normalized spacial score (nSPS) is 10.0.